The van der Waals surface area contributed by atoms with Gasteiger partial charge in [0.05, 0.1) is 38.4 Å². The van der Waals surface area contributed by atoms with Crippen LogP contribution in [0.2, 0.25) is 0 Å². The topological polar surface area (TPSA) is 13.1 Å². The second kappa shape index (κ2) is 10.2. The smallest absolute Gasteiger partial charge is 0.143 e. The maximum Gasteiger partial charge on any atom is 0.143 e. The number of hydrogen-bond donors (Lipinski definition) is 0. The summed E-state index contributed by atoms with van der Waals surface area (Å²) in [5.41, 5.74) is -6.10. The Labute approximate surface area is 311 Å². The van der Waals surface area contributed by atoms with E-state index >= 15 is 0 Å². The van der Waals surface area contributed by atoms with E-state index in [-0.39, 0.29) is 0 Å². The minimum Gasteiger partial charge on any atom is -0.455 e. The fourth-order valence-corrected chi connectivity index (χ4v) is 5.85. The lowest BCUT2D eigenvalue weighted by Crippen LogP contribution is -1.93. The van der Waals surface area contributed by atoms with Crippen LogP contribution in [0.25, 0.3) is 98.4 Å². The molecule has 10 rings (SSSR count). The summed E-state index contributed by atoms with van der Waals surface area (Å²) >= 11 is 0. The summed E-state index contributed by atoms with van der Waals surface area (Å²) in [4.78, 5) is 0. The highest BCUT2D eigenvalue weighted by Crippen LogP contribution is 2.48. The van der Waals surface area contributed by atoms with E-state index in [1.807, 2.05) is 0 Å². The molecule has 0 aliphatic rings. The largest absolute Gasteiger partial charge is 0.455 e. The van der Waals surface area contributed by atoms with Gasteiger partial charge in [-0.05, 0) is 83.0 Å². The van der Waals surface area contributed by atoms with Gasteiger partial charge in [0.25, 0.3) is 0 Å². The normalized spacial score (nSPS) is 20.2. The molecule has 218 valence electrons. The first kappa shape index (κ1) is 10.7. The first-order chi connectivity index (χ1) is 35.0. The van der Waals surface area contributed by atoms with E-state index in [0.717, 1.165) is 0 Å². The zero-order chi connectivity index (χ0) is 55.3. The van der Waals surface area contributed by atoms with Crippen LogP contribution in [0.1, 0.15) is 38.4 Å². The zero-order valence-electron chi connectivity index (χ0n) is 51.4. The highest BCUT2D eigenvalue weighted by Gasteiger charge is 2.20. The van der Waals surface area contributed by atoms with Crippen molar-refractivity contribution < 1.29 is 42.8 Å². The Balaban J connectivity index is 1.64. The van der Waals surface area contributed by atoms with Gasteiger partial charge in [-0.1, -0.05) is 157 Å². The van der Waals surface area contributed by atoms with Crippen molar-refractivity contribution in [2.75, 3.05) is 0 Å². The summed E-state index contributed by atoms with van der Waals surface area (Å²) in [6, 6.07) is -26.7. The molecular formula is C46H28O. The predicted octanol–water partition coefficient (Wildman–Crippen LogP) is 13.2. The van der Waals surface area contributed by atoms with E-state index in [1.54, 1.807) is 0 Å². The Bertz CT molecular complexity index is 4430. The highest BCUT2D eigenvalue weighted by atomic mass is 16.3. The molecule has 0 spiro atoms. The van der Waals surface area contributed by atoms with Gasteiger partial charge in [-0.3, -0.25) is 0 Å². The maximum absolute atomic E-state index is 10.3. The Morgan fingerprint density at radius 2 is 0.809 bits per heavy atom. The van der Waals surface area contributed by atoms with Crippen LogP contribution in [0.15, 0.2) is 174 Å². The molecule has 0 N–H and O–H groups in total. The van der Waals surface area contributed by atoms with Crippen molar-refractivity contribution in [3.8, 4) is 33.4 Å². The molecule has 1 aromatic heterocycles. The van der Waals surface area contributed by atoms with Crippen LogP contribution in [0.4, 0.5) is 0 Å². The summed E-state index contributed by atoms with van der Waals surface area (Å²) < 4.78 is 260. The highest BCUT2D eigenvalue weighted by molar-refractivity contribution is 6.26. The number of fused-ring (bicyclic) bond motifs is 7. The third-order valence-corrected chi connectivity index (χ3v) is 7.81. The van der Waals surface area contributed by atoms with Gasteiger partial charge < -0.3 is 4.42 Å². The average Bonchev–Trinajstić information content (AvgIpc) is 3.83. The first-order valence-electron chi connectivity index (χ1n) is 27.9. The molecule has 0 aliphatic heterocycles. The molecule has 1 heterocycles. The summed E-state index contributed by atoms with van der Waals surface area (Å²) in [7, 11) is 0. The summed E-state index contributed by atoms with van der Waals surface area (Å²) in [6.45, 7) is 0. The van der Waals surface area contributed by atoms with Crippen molar-refractivity contribution in [3.63, 3.8) is 0 Å². The van der Waals surface area contributed by atoms with Gasteiger partial charge in [-0.15, -0.1) is 0 Å². The SMILES string of the molecule is [2H]c1c([2H])c([2H])c2c(oc3c(-c4c([2H])c([2H])c5c(-c6c([2H])c([2H])c([2H])c7c([2H])c([2H])c([2H])c([2H])c67)c6c([2H])c([2H])c([2H])c([2H])c6c(-c6c([2H])c([2H])c([2H])c7c([2H])c([2H])c([2H])c([2H])c67)c5c4[2H])c([2H])c([2H])c([2H])c32)c1[2H]. The molecule has 0 amide bonds. The molecular weight excluding hydrogens is 569 g/mol. The van der Waals surface area contributed by atoms with Crippen molar-refractivity contribution in [1.29, 1.82) is 0 Å². The van der Waals surface area contributed by atoms with Gasteiger partial charge in [0.2, 0.25) is 0 Å². The van der Waals surface area contributed by atoms with Crippen LogP contribution in [-0.2, 0) is 0 Å². The van der Waals surface area contributed by atoms with Gasteiger partial charge in [0.1, 0.15) is 11.2 Å². The molecule has 0 atom stereocenters. The van der Waals surface area contributed by atoms with Crippen molar-refractivity contribution in [2.24, 2.45) is 0 Å². The fraction of sp³-hybridized carbons (Fsp3) is 0. The van der Waals surface area contributed by atoms with Gasteiger partial charge >= 0.3 is 0 Å². The van der Waals surface area contributed by atoms with E-state index in [1.165, 1.54) is 0 Å². The third-order valence-electron chi connectivity index (χ3n) is 7.81. The Morgan fingerprint density at radius 1 is 0.340 bits per heavy atom. The molecule has 47 heavy (non-hydrogen) atoms. The van der Waals surface area contributed by atoms with E-state index in [4.69, 9.17) is 29.1 Å². The Kier molecular flexibility index (Phi) is 2.31. The van der Waals surface area contributed by atoms with Crippen molar-refractivity contribution in [3.05, 3.63) is 169 Å². The molecule has 0 unspecified atom stereocenters. The number of para-hydroxylation sites is 2. The molecule has 9 aromatic carbocycles. The number of rotatable bonds is 3. The molecule has 0 saturated carbocycles. The lowest BCUT2D eigenvalue weighted by Gasteiger charge is -2.20. The molecule has 10 aromatic rings. The summed E-state index contributed by atoms with van der Waals surface area (Å²) in [5.74, 6) is 0. The van der Waals surface area contributed by atoms with Crippen molar-refractivity contribution in [1.82, 2.24) is 0 Å². The Hall–Kier alpha value is -6.18. The lowest BCUT2D eigenvalue weighted by atomic mass is 9.83. The van der Waals surface area contributed by atoms with Gasteiger partial charge in [0.15, 0.2) is 0 Å². The molecule has 0 bridgehead atoms. The van der Waals surface area contributed by atoms with Crippen LogP contribution >= 0.6 is 0 Å². The van der Waals surface area contributed by atoms with E-state index in [2.05, 4.69) is 0 Å². The standard InChI is InChI=1S/C46H28O/c1-3-16-32-29(12-1)14-9-22-36(32)44-38-19-5-6-20-39(38)45(37-23-10-15-30-13-2-4-17-33(30)37)42-28-31(26-27-40(42)44)34-21-11-24-41-35-18-7-8-25-43(35)47-46(34)41/h1-28H/i1D,2D,3D,4D,5D,6D,7D,8D,9D,10D,11D,12D,13D,14D,15D,16D,17D,18D,19D,20D,21D,22D,23D,24D,25D,26D,27D,28D. The van der Waals surface area contributed by atoms with Crippen molar-refractivity contribution in [2.45, 2.75) is 0 Å². The lowest BCUT2D eigenvalue weighted by molar-refractivity contribution is 0.670. The first-order valence-corrected chi connectivity index (χ1v) is 13.9. The van der Waals surface area contributed by atoms with Crippen LogP contribution in [-0.4, -0.2) is 0 Å². The fourth-order valence-electron chi connectivity index (χ4n) is 5.85. The van der Waals surface area contributed by atoms with Crippen LogP contribution in [0, 0.1) is 0 Å². The van der Waals surface area contributed by atoms with E-state index in [0.29, 0.717) is 0 Å². The second-order valence-electron chi connectivity index (χ2n) is 10.3. The van der Waals surface area contributed by atoms with Gasteiger partial charge in [-0.25, -0.2) is 0 Å². The molecule has 0 aliphatic carbocycles. The maximum atomic E-state index is 10.3. The quantitative estimate of drug-likeness (QED) is 0.178. The molecule has 0 radical (unpaired) electrons. The van der Waals surface area contributed by atoms with Crippen LogP contribution in [0.3, 0.4) is 0 Å². The minimum atomic E-state index is -1.12. The molecule has 1 heteroatoms. The number of hydrogen-bond acceptors (Lipinski definition) is 1. The summed E-state index contributed by atoms with van der Waals surface area (Å²) in [5, 5.41) is -7.02. The Morgan fingerprint density at radius 3 is 1.49 bits per heavy atom. The van der Waals surface area contributed by atoms with E-state index in [9.17, 15) is 13.7 Å². The van der Waals surface area contributed by atoms with Crippen molar-refractivity contribution >= 4 is 65.0 Å². The predicted molar refractivity (Wildman–Crippen MR) is 200 cm³/mol. The monoisotopic (exact) mass is 624 g/mol. The van der Waals surface area contributed by atoms with Gasteiger partial charge in [0, 0.05) is 16.3 Å². The molecule has 1 nitrogen and oxygen atoms in total. The third kappa shape index (κ3) is 3.90. The van der Waals surface area contributed by atoms with Gasteiger partial charge in [-0.2, -0.15) is 0 Å². The van der Waals surface area contributed by atoms with Crippen LogP contribution < -0.4 is 0 Å². The zero-order valence-corrected chi connectivity index (χ0v) is 23.4. The number of furan rings is 1. The number of benzene rings is 9. The molecule has 0 saturated heterocycles. The molecule has 0 fully saturated rings. The second-order valence-corrected chi connectivity index (χ2v) is 10.3. The van der Waals surface area contributed by atoms with Crippen LogP contribution in [0.5, 0.6) is 0 Å². The summed E-state index contributed by atoms with van der Waals surface area (Å²) in [6.07, 6.45) is 0. The van der Waals surface area contributed by atoms with E-state index < -0.39 is 268 Å². The average molecular weight is 625 g/mol. The minimum absolute atomic E-state index is 0.452.